The minimum absolute atomic E-state index is 0.118. The summed E-state index contributed by atoms with van der Waals surface area (Å²) in [6.45, 7) is 2.52. The molecule has 0 saturated heterocycles. The Morgan fingerprint density at radius 2 is 2.10 bits per heavy atom. The SMILES string of the molecule is CC(CNC(=O)/C=C/c1cccs1)c1ccc(F)cc1. The van der Waals surface area contributed by atoms with Crippen molar-refractivity contribution in [3.05, 3.63) is 64.1 Å². The Bertz CT molecular complexity index is 575. The maximum absolute atomic E-state index is 12.8. The van der Waals surface area contributed by atoms with Gasteiger partial charge in [-0.2, -0.15) is 0 Å². The molecule has 2 nitrogen and oxygen atoms in total. The van der Waals surface area contributed by atoms with E-state index >= 15 is 0 Å². The molecule has 2 rings (SSSR count). The van der Waals surface area contributed by atoms with Crippen LogP contribution in [0.2, 0.25) is 0 Å². The monoisotopic (exact) mass is 289 g/mol. The van der Waals surface area contributed by atoms with Crippen molar-refractivity contribution in [1.82, 2.24) is 5.32 Å². The molecule has 0 spiro atoms. The lowest BCUT2D eigenvalue weighted by atomic mass is 10.0. The smallest absolute Gasteiger partial charge is 0.244 e. The lowest BCUT2D eigenvalue weighted by molar-refractivity contribution is -0.116. The third-order valence-corrected chi connectivity index (χ3v) is 3.80. The van der Waals surface area contributed by atoms with Crippen LogP contribution in [-0.2, 0) is 4.79 Å². The fraction of sp³-hybridized carbons (Fsp3) is 0.188. The Hall–Kier alpha value is -1.94. The van der Waals surface area contributed by atoms with Gasteiger partial charge in [-0.15, -0.1) is 11.3 Å². The summed E-state index contributed by atoms with van der Waals surface area (Å²) in [5, 5.41) is 4.81. The number of carbonyl (C=O) groups is 1. The van der Waals surface area contributed by atoms with E-state index in [2.05, 4.69) is 5.32 Å². The average molecular weight is 289 g/mol. The van der Waals surface area contributed by atoms with Crippen molar-refractivity contribution in [2.24, 2.45) is 0 Å². The molecule has 1 heterocycles. The van der Waals surface area contributed by atoms with E-state index in [9.17, 15) is 9.18 Å². The summed E-state index contributed by atoms with van der Waals surface area (Å²) < 4.78 is 12.8. The zero-order valence-corrected chi connectivity index (χ0v) is 12.0. The summed E-state index contributed by atoms with van der Waals surface area (Å²) >= 11 is 1.59. The molecular weight excluding hydrogens is 273 g/mol. The second-order valence-electron chi connectivity index (χ2n) is 4.55. The highest BCUT2D eigenvalue weighted by Crippen LogP contribution is 2.14. The fourth-order valence-electron chi connectivity index (χ4n) is 1.77. The predicted molar refractivity (Wildman–Crippen MR) is 81.2 cm³/mol. The summed E-state index contributed by atoms with van der Waals surface area (Å²) in [5.74, 6) is -0.217. The van der Waals surface area contributed by atoms with Crippen molar-refractivity contribution < 1.29 is 9.18 Å². The summed E-state index contributed by atoms with van der Waals surface area (Å²) in [5.41, 5.74) is 1.01. The van der Waals surface area contributed by atoms with Crippen LogP contribution in [0.1, 0.15) is 23.3 Å². The zero-order valence-electron chi connectivity index (χ0n) is 11.2. The second kappa shape index (κ2) is 7.01. The van der Waals surface area contributed by atoms with E-state index in [4.69, 9.17) is 0 Å². The number of hydrogen-bond acceptors (Lipinski definition) is 2. The van der Waals surface area contributed by atoms with Crippen LogP contribution in [0.15, 0.2) is 47.9 Å². The molecule has 2 aromatic rings. The van der Waals surface area contributed by atoms with E-state index < -0.39 is 0 Å². The van der Waals surface area contributed by atoms with Gasteiger partial charge >= 0.3 is 0 Å². The Labute approximate surface area is 122 Å². The minimum atomic E-state index is -0.246. The van der Waals surface area contributed by atoms with Gasteiger partial charge in [0.25, 0.3) is 0 Å². The minimum Gasteiger partial charge on any atom is -0.352 e. The van der Waals surface area contributed by atoms with E-state index in [1.165, 1.54) is 18.2 Å². The number of carbonyl (C=O) groups excluding carboxylic acids is 1. The van der Waals surface area contributed by atoms with Crippen LogP contribution < -0.4 is 5.32 Å². The Morgan fingerprint density at radius 3 is 2.75 bits per heavy atom. The Balaban J connectivity index is 1.82. The van der Waals surface area contributed by atoms with Crippen molar-refractivity contribution in [3.63, 3.8) is 0 Å². The standard InChI is InChI=1S/C16H16FNOS/c1-12(13-4-6-14(17)7-5-13)11-18-16(19)9-8-15-3-2-10-20-15/h2-10,12H,11H2,1H3,(H,18,19)/b9-8+. The largest absolute Gasteiger partial charge is 0.352 e. The van der Waals surface area contributed by atoms with E-state index in [-0.39, 0.29) is 17.6 Å². The van der Waals surface area contributed by atoms with Crippen molar-refractivity contribution in [2.75, 3.05) is 6.54 Å². The third kappa shape index (κ3) is 4.31. The molecule has 0 aliphatic carbocycles. The molecule has 4 heteroatoms. The molecule has 0 radical (unpaired) electrons. The number of benzene rings is 1. The average Bonchev–Trinajstić information content (AvgIpc) is 2.96. The first-order chi connectivity index (χ1) is 9.65. The summed E-state index contributed by atoms with van der Waals surface area (Å²) in [4.78, 5) is 12.7. The first kappa shape index (κ1) is 14.5. The predicted octanol–water partition coefficient (Wildman–Crippen LogP) is 3.82. The van der Waals surface area contributed by atoms with Crippen molar-refractivity contribution in [1.29, 1.82) is 0 Å². The molecule has 104 valence electrons. The summed E-state index contributed by atoms with van der Waals surface area (Å²) in [6.07, 6.45) is 3.33. The summed E-state index contributed by atoms with van der Waals surface area (Å²) in [7, 11) is 0. The summed E-state index contributed by atoms with van der Waals surface area (Å²) in [6, 6.07) is 10.3. The number of nitrogens with one attached hydrogen (secondary N) is 1. The van der Waals surface area contributed by atoms with Crippen LogP contribution in [0.3, 0.4) is 0 Å². The zero-order chi connectivity index (χ0) is 14.4. The van der Waals surface area contributed by atoms with Gasteiger partial charge in [0.05, 0.1) is 0 Å². The van der Waals surface area contributed by atoms with Gasteiger partial charge in [-0.3, -0.25) is 4.79 Å². The molecule has 1 unspecified atom stereocenters. The highest BCUT2D eigenvalue weighted by Gasteiger charge is 2.06. The highest BCUT2D eigenvalue weighted by molar-refractivity contribution is 7.10. The number of thiophene rings is 1. The van der Waals surface area contributed by atoms with Gasteiger partial charge < -0.3 is 5.32 Å². The quantitative estimate of drug-likeness (QED) is 0.833. The van der Waals surface area contributed by atoms with E-state index in [0.717, 1.165) is 10.4 Å². The molecule has 1 aromatic heterocycles. The second-order valence-corrected chi connectivity index (χ2v) is 5.53. The van der Waals surface area contributed by atoms with Gasteiger partial charge in [-0.05, 0) is 41.1 Å². The molecule has 0 fully saturated rings. The first-order valence-electron chi connectivity index (χ1n) is 6.40. The molecule has 1 N–H and O–H groups in total. The maximum atomic E-state index is 12.8. The van der Waals surface area contributed by atoms with E-state index in [0.29, 0.717) is 6.54 Å². The van der Waals surface area contributed by atoms with E-state index in [1.54, 1.807) is 29.5 Å². The first-order valence-corrected chi connectivity index (χ1v) is 7.28. The van der Waals surface area contributed by atoms with Crippen LogP contribution in [0, 0.1) is 5.82 Å². The van der Waals surface area contributed by atoms with E-state index in [1.807, 2.05) is 24.4 Å². The molecule has 0 bridgehead atoms. The van der Waals surface area contributed by atoms with Crippen molar-refractivity contribution >= 4 is 23.3 Å². The Morgan fingerprint density at radius 1 is 1.35 bits per heavy atom. The van der Waals surface area contributed by atoms with Gasteiger partial charge in [-0.25, -0.2) is 4.39 Å². The van der Waals surface area contributed by atoms with Crippen molar-refractivity contribution in [3.8, 4) is 0 Å². The van der Waals surface area contributed by atoms with Crippen LogP contribution in [-0.4, -0.2) is 12.5 Å². The third-order valence-electron chi connectivity index (χ3n) is 2.96. The van der Waals surface area contributed by atoms with Gasteiger partial charge in [0, 0.05) is 17.5 Å². The lowest BCUT2D eigenvalue weighted by Gasteiger charge is -2.12. The fourth-order valence-corrected chi connectivity index (χ4v) is 2.38. The van der Waals surface area contributed by atoms with Crippen LogP contribution in [0.25, 0.3) is 6.08 Å². The molecule has 1 amide bonds. The van der Waals surface area contributed by atoms with Crippen molar-refractivity contribution in [2.45, 2.75) is 12.8 Å². The number of halogens is 1. The van der Waals surface area contributed by atoms with Crippen LogP contribution >= 0.6 is 11.3 Å². The number of hydrogen-bond donors (Lipinski definition) is 1. The number of amides is 1. The lowest BCUT2D eigenvalue weighted by Crippen LogP contribution is -2.25. The molecule has 0 aliphatic heterocycles. The molecule has 1 aromatic carbocycles. The van der Waals surface area contributed by atoms with Gasteiger partial charge in [0.2, 0.25) is 5.91 Å². The van der Waals surface area contributed by atoms with Gasteiger partial charge in [0.15, 0.2) is 0 Å². The number of rotatable bonds is 5. The molecule has 0 saturated carbocycles. The van der Waals surface area contributed by atoms with Gasteiger partial charge in [-0.1, -0.05) is 25.1 Å². The topological polar surface area (TPSA) is 29.1 Å². The Kier molecular flexibility index (Phi) is 5.07. The molecular formula is C16H16FNOS. The molecule has 1 atom stereocenters. The molecule has 20 heavy (non-hydrogen) atoms. The van der Waals surface area contributed by atoms with Crippen LogP contribution in [0.5, 0.6) is 0 Å². The van der Waals surface area contributed by atoms with Crippen LogP contribution in [0.4, 0.5) is 4.39 Å². The normalized spacial score (nSPS) is 12.5. The van der Waals surface area contributed by atoms with Gasteiger partial charge in [0.1, 0.15) is 5.82 Å². The highest BCUT2D eigenvalue weighted by atomic mass is 32.1. The maximum Gasteiger partial charge on any atom is 0.244 e. The molecule has 0 aliphatic rings.